The minimum absolute atomic E-state index is 0.996. The lowest BCUT2D eigenvalue weighted by molar-refractivity contribution is 0.598. The lowest BCUT2D eigenvalue weighted by Crippen LogP contribution is -2.03. The van der Waals surface area contributed by atoms with Crippen LogP contribution in [0.4, 0.5) is 0 Å². The summed E-state index contributed by atoms with van der Waals surface area (Å²) in [6, 6.07) is 11.5. The molecule has 0 unspecified atom stereocenters. The van der Waals surface area contributed by atoms with Crippen LogP contribution in [0.2, 0.25) is 0 Å². The summed E-state index contributed by atoms with van der Waals surface area (Å²) in [5, 5.41) is 2.86. The van der Waals surface area contributed by atoms with Crippen molar-refractivity contribution >= 4 is 10.8 Å². The number of hydrogen-bond acceptors (Lipinski definition) is 0. The average molecular weight is 393 g/mol. The molecule has 2 aromatic carbocycles. The summed E-state index contributed by atoms with van der Waals surface area (Å²) in [6.45, 7) is 8.66. The fourth-order valence-corrected chi connectivity index (χ4v) is 4.62. The molecular weight excluding hydrogens is 348 g/mol. The Hall–Kier alpha value is -1.56. The summed E-state index contributed by atoms with van der Waals surface area (Å²) >= 11 is 0. The van der Waals surface area contributed by atoms with Gasteiger partial charge in [0.15, 0.2) is 0 Å². The van der Waals surface area contributed by atoms with Gasteiger partial charge >= 0.3 is 0 Å². The number of unbranched alkanes of at least 4 members (excludes halogenated alkanes) is 10. The number of allylic oxidation sites excluding steroid dienone is 1. The van der Waals surface area contributed by atoms with Crippen LogP contribution in [0.25, 0.3) is 10.8 Å². The predicted octanol–water partition coefficient (Wildman–Crippen LogP) is 9.37. The molecule has 2 aromatic rings. The van der Waals surface area contributed by atoms with Gasteiger partial charge in [-0.05, 0) is 59.6 Å². The van der Waals surface area contributed by atoms with Crippen LogP contribution in [0.15, 0.2) is 43.0 Å². The Balaban J connectivity index is 2.13. The number of aryl methyl sites for hydroxylation is 1. The third-order valence-corrected chi connectivity index (χ3v) is 6.30. The minimum atomic E-state index is 0.996. The fraction of sp³-hybridized carbons (Fsp3) is 0.586. The topological polar surface area (TPSA) is 0 Å². The van der Waals surface area contributed by atoms with Gasteiger partial charge in [-0.1, -0.05) is 114 Å². The highest BCUT2D eigenvalue weighted by molar-refractivity contribution is 5.88. The summed E-state index contributed by atoms with van der Waals surface area (Å²) in [7, 11) is 0. The van der Waals surface area contributed by atoms with Gasteiger partial charge < -0.3 is 0 Å². The van der Waals surface area contributed by atoms with Gasteiger partial charge in [0.1, 0.15) is 0 Å². The van der Waals surface area contributed by atoms with Crippen molar-refractivity contribution in [2.45, 2.75) is 110 Å². The number of benzene rings is 2. The van der Waals surface area contributed by atoms with Crippen molar-refractivity contribution in [1.82, 2.24) is 0 Å². The molecule has 0 heteroatoms. The van der Waals surface area contributed by atoms with Gasteiger partial charge in [-0.3, -0.25) is 0 Å². The second-order valence-corrected chi connectivity index (χ2v) is 8.74. The van der Waals surface area contributed by atoms with Crippen molar-refractivity contribution in [3.05, 3.63) is 59.7 Å². The molecule has 0 saturated carbocycles. The van der Waals surface area contributed by atoms with Crippen LogP contribution in [-0.2, 0) is 19.3 Å². The van der Waals surface area contributed by atoms with Crippen LogP contribution >= 0.6 is 0 Å². The molecule has 0 fully saturated rings. The zero-order valence-electron chi connectivity index (χ0n) is 19.3. The molecule has 0 heterocycles. The first kappa shape index (κ1) is 23.7. The average Bonchev–Trinajstić information content (AvgIpc) is 2.74. The monoisotopic (exact) mass is 392 g/mol. The second kappa shape index (κ2) is 14.4. The summed E-state index contributed by atoms with van der Waals surface area (Å²) in [4.78, 5) is 0. The van der Waals surface area contributed by atoms with Crippen LogP contribution in [0.1, 0.15) is 108 Å². The fourth-order valence-electron chi connectivity index (χ4n) is 4.62. The predicted molar refractivity (Wildman–Crippen MR) is 132 cm³/mol. The molecule has 0 aliphatic heterocycles. The van der Waals surface area contributed by atoms with E-state index >= 15 is 0 Å². The Labute approximate surface area is 180 Å². The number of hydrogen-bond donors (Lipinski definition) is 0. The largest absolute Gasteiger partial charge is 0.103 e. The van der Waals surface area contributed by atoms with Gasteiger partial charge in [-0.2, -0.15) is 0 Å². The third kappa shape index (κ3) is 8.00. The zero-order valence-corrected chi connectivity index (χ0v) is 19.3. The van der Waals surface area contributed by atoms with E-state index in [0.717, 1.165) is 6.42 Å². The summed E-state index contributed by atoms with van der Waals surface area (Å²) < 4.78 is 0. The second-order valence-electron chi connectivity index (χ2n) is 8.74. The molecule has 0 aromatic heterocycles. The van der Waals surface area contributed by atoms with Gasteiger partial charge in [0, 0.05) is 0 Å². The summed E-state index contributed by atoms with van der Waals surface area (Å²) in [6.07, 6.45) is 22.0. The molecule has 2 rings (SSSR count). The molecule has 0 N–H and O–H groups in total. The van der Waals surface area contributed by atoms with Crippen LogP contribution in [-0.4, -0.2) is 0 Å². The Bertz CT molecular complexity index is 709. The standard InChI is InChI=1S/C29H44/c1-4-7-9-11-13-15-20-25-24-26-21-17-18-23-28(26)29(19-6-3)27(25)22-16-14-12-10-8-5-2/h6,17-18,21,23-24H,3-5,7-16,19-20,22H2,1-2H3. The Morgan fingerprint density at radius 1 is 0.690 bits per heavy atom. The summed E-state index contributed by atoms with van der Waals surface area (Å²) in [5.74, 6) is 0. The number of fused-ring (bicyclic) bond motifs is 1. The molecule has 29 heavy (non-hydrogen) atoms. The van der Waals surface area contributed by atoms with Crippen LogP contribution in [0.5, 0.6) is 0 Å². The molecule has 0 aliphatic carbocycles. The normalized spacial score (nSPS) is 11.2. The van der Waals surface area contributed by atoms with Crippen LogP contribution in [0.3, 0.4) is 0 Å². The maximum Gasteiger partial charge on any atom is -0.00911 e. The molecule has 0 bridgehead atoms. The molecule has 0 nitrogen and oxygen atoms in total. The van der Waals surface area contributed by atoms with Crippen molar-refractivity contribution in [1.29, 1.82) is 0 Å². The Kier molecular flexibility index (Phi) is 11.8. The zero-order chi connectivity index (χ0) is 20.7. The van der Waals surface area contributed by atoms with E-state index < -0.39 is 0 Å². The molecule has 0 aliphatic rings. The maximum atomic E-state index is 4.07. The van der Waals surface area contributed by atoms with Gasteiger partial charge in [0.2, 0.25) is 0 Å². The van der Waals surface area contributed by atoms with Crippen molar-refractivity contribution < 1.29 is 0 Å². The van der Waals surface area contributed by atoms with Gasteiger partial charge in [-0.15, -0.1) is 6.58 Å². The van der Waals surface area contributed by atoms with E-state index in [9.17, 15) is 0 Å². The smallest absolute Gasteiger partial charge is 0.00911 e. The van der Waals surface area contributed by atoms with Crippen molar-refractivity contribution in [2.75, 3.05) is 0 Å². The van der Waals surface area contributed by atoms with Crippen molar-refractivity contribution in [2.24, 2.45) is 0 Å². The highest BCUT2D eigenvalue weighted by Crippen LogP contribution is 2.30. The highest BCUT2D eigenvalue weighted by Gasteiger charge is 2.12. The van der Waals surface area contributed by atoms with Crippen LogP contribution in [0, 0.1) is 0 Å². The quantitative estimate of drug-likeness (QED) is 0.197. The SMILES string of the molecule is C=CCc1c(CCCCCCCC)c(CCCCCCCC)cc2ccccc12. The van der Waals surface area contributed by atoms with Crippen molar-refractivity contribution in [3.63, 3.8) is 0 Å². The molecule has 0 atom stereocenters. The Morgan fingerprint density at radius 2 is 1.28 bits per heavy atom. The van der Waals surface area contributed by atoms with E-state index in [4.69, 9.17) is 0 Å². The number of rotatable bonds is 16. The van der Waals surface area contributed by atoms with Crippen LogP contribution < -0.4 is 0 Å². The van der Waals surface area contributed by atoms with E-state index in [2.05, 4.69) is 56.8 Å². The molecule has 0 saturated heterocycles. The first-order valence-corrected chi connectivity index (χ1v) is 12.4. The molecular formula is C29H44. The van der Waals surface area contributed by atoms with Gasteiger partial charge in [-0.25, -0.2) is 0 Å². The van der Waals surface area contributed by atoms with E-state index in [1.165, 1.54) is 101 Å². The molecule has 0 spiro atoms. The van der Waals surface area contributed by atoms with E-state index in [1.807, 2.05) is 0 Å². The summed E-state index contributed by atoms with van der Waals surface area (Å²) in [5.41, 5.74) is 4.81. The van der Waals surface area contributed by atoms with Crippen molar-refractivity contribution in [3.8, 4) is 0 Å². The van der Waals surface area contributed by atoms with E-state index in [1.54, 1.807) is 16.7 Å². The maximum absolute atomic E-state index is 4.07. The lowest BCUT2D eigenvalue weighted by Gasteiger charge is -2.18. The Morgan fingerprint density at radius 3 is 1.93 bits per heavy atom. The minimum Gasteiger partial charge on any atom is -0.103 e. The first-order chi connectivity index (χ1) is 14.3. The lowest BCUT2D eigenvalue weighted by atomic mass is 9.87. The third-order valence-electron chi connectivity index (χ3n) is 6.30. The molecule has 0 amide bonds. The molecule has 160 valence electrons. The van der Waals surface area contributed by atoms with Gasteiger partial charge in [0.05, 0.1) is 0 Å². The van der Waals surface area contributed by atoms with E-state index in [-0.39, 0.29) is 0 Å². The first-order valence-electron chi connectivity index (χ1n) is 12.4. The highest BCUT2D eigenvalue weighted by atomic mass is 14.2. The molecule has 0 radical (unpaired) electrons. The van der Waals surface area contributed by atoms with Gasteiger partial charge in [0.25, 0.3) is 0 Å². The van der Waals surface area contributed by atoms with E-state index in [0.29, 0.717) is 0 Å².